The van der Waals surface area contributed by atoms with Crippen molar-refractivity contribution in [1.29, 1.82) is 0 Å². The van der Waals surface area contributed by atoms with Crippen molar-refractivity contribution in [1.82, 2.24) is 0 Å². The number of rotatable bonds is 9. The fourth-order valence-electron chi connectivity index (χ4n) is 4.68. The molecule has 174 valence electrons. The predicted octanol–water partition coefficient (Wildman–Crippen LogP) is 7.51. The van der Waals surface area contributed by atoms with E-state index >= 15 is 0 Å². The Hall–Kier alpha value is -3.36. The molecule has 1 N–H and O–H groups in total. The van der Waals surface area contributed by atoms with E-state index in [0.717, 1.165) is 16.9 Å². The van der Waals surface area contributed by atoms with Crippen LogP contribution in [0.1, 0.15) is 71.9 Å². The first-order chi connectivity index (χ1) is 16.6. The summed E-state index contributed by atoms with van der Waals surface area (Å²) in [6.07, 6.45) is 0. The van der Waals surface area contributed by atoms with Crippen LogP contribution >= 0.6 is 0 Å². The van der Waals surface area contributed by atoms with Crippen molar-refractivity contribution in [3.63, 3.8) is 0 Å². The average molecular weight is 451 g/mol. The minimum Gasteiger partial charge on any atom is -0.491 e. The maximum absolute atomic E-state index is 9.59. The Labute approximate surface area is 203 Å². The van der Waals surface area contributed by atoms with Crippen LogP contribution in [-0.2, 0) is 0 Å². The lowest BCUT2D eigenvalue weighted by Gasteiger charge is -2.26. The summed E-state index contributed by atoms with van der Waals surface area (Å²) in [6.45, 7) is 7.01. The first-order valence-electron chi connectivity index (χ1n) is 12.2. The zero-order valence-electron chi connectivity index (χ0n) is 20.3. The molecule has 3 atom stereocenters. The van der Waals surface area contributed by atoms with Crippen LogP contribution in [0.4, 0.5) is 0 Å². The molecule has 4 aromatic rings. The van der Waals surface area contributed by atoms with Gasteiger partial charge in [-0.05, 0) is 22.3 Å². The molecule has 0 aliphatic heterocycles. The molecule has 2 nitrogen and oxygen atoms in total. The number of hydrogen-bond donors (Lipinski definition) is 1. The van der Waals surface area contributed by atoms with E-state index in [1.807, 2.05) is 0 Å². The van der Waals surface area contributed by atoms with E-state index in [0.29, 0.717) is 0 Å². The Morgan fingerprint density at radius 1 is 0.559 bits per heavy atom. The molecule has 0 aliphatic rings. The molecule has 0 saturated heterocycles. The molecule has 4 rings (SSSR count). The highest BCUT2D eigenvalue weighted by atomic mass is 16.5. The van der Waals surface area contributed by atoms with Crippen molar-refractivity contribution in [2.45, 2.75) is 38.5 Å². The topological polar surface area (TPSA) is 29.5 Å². The van der Waals surface area contributed by atoms with Gasteiger partial charge >= 0.3 is 0 Å². The van der Waals surface area contributed by atoms with Gasteiger partial charge in [-0.2, -0.15) is 0 Å². The molecule has 4 aromatic carbocycles. The summed E-state index contributed by atoms with van der Waals surface area (Å²) in [5.74, 6) is 1.45. The van der Waals surface area contributed by atoms with Gasteiger partial charge in [-0.25, -0.2) is 0 Å². The van der Waals surface area contributed by atoms with Gasteiger partial charge in [-0.3, -0.25) is 0 Å². The monoisotopic (exact) mass is 450 g/mol. The van der Waals surface area contributed by atoms with Gasteiger partial charge in [0, 0.05) is 28.9 Å². The fraction of sp³-hybridized carbons (Fsp3) is 0.250. The van der Waals surface area contributed by atoms with Gasteiger partial charge in [0.1, 0.15) is 12.4 Å². The molecular formula is C32H34O2. The summed E-state index contributed by atoms with van der Waals surface area (Å²) in [6, 6.07) is 36.4. The zero-order valence-corrected chi connectivity index (χ0v) is 20.3. The molecule has 0 amide bonds. The maximum Gasteiger partial charge on any atom is 0.127 e. The molecule has 3 unspecified atom stereocenters. The second-order valence-corrected chi connectivity index (χ2v) is 9.00. The van der Waals surface area contributed by atoms with Crippen LogP contribution in [0.5, 0.6) is 5.75 Å². The third kappa shape index (κ3) is 5.24. The third-order valence-electron chi connectivity index (χ3n) is 6.84. The van der Waals surface area contributed by atoms with Crippen LogP contribution in [-0.4, -0.2) is 18.3 Å². The lowest BCUT2D eigenvalue weighted by atomic mass is 9.81. The summed E-state index contributed by atoms with van der Waals surface area (Å²) in [7, 11) is 0. The summed E-state index contributed by atoms with van der Waals surface area (Å²) in [5.41, 5.74) is 7.40. The van der Waals surface area contributed by atoms with E-state index in [1.54, 1.807) is 0 Å². The number of aliphatic hydroxyl groups excluding tert-OH is 1. The van der Waals surface area contributed by atoms with Crippen LogP contribution in [0.25, 0.3) is 0 Å². The number of benzene rings is 4. The van der Waals surface area contributed by atoms with Crippen LogP contribution in [0.15, 0.2) is 103 Å². The van der Waals surface area contributed by atoms with E-state index in [2.05, 4.69) is 124 Å². The van der Waals surface area contributed by atoms with Gasteiger partial charge in [0.15, 0.2) is 0 Å². The summed E-state index contributed by atoms with van der Waals surface area (Å²) in [4.78, 5) is 0. The largest absolute Gasteiger partial charge is 0.491 e. The van der Waals surface area contributed by atoms with Crippen molar-refractivity contribution < 1.29 is 9.84 Å². The Kier molecular flexibility index (Phi) is 7.82. The first kappa shape index (κ1) is 23.8. The standard InChI is InChI=1S/C32H34O2/c1-23(26-13-7-4-8-14-26)29-21-30(24(2)27-15-9-5-10-16-27)32(34-20-19-33)31(22-29)25(3)28-17-11-6-12-18-28/h4-18,21-25,33H,19-20H2,1-3H3. The molecule has 0 heterocycles. The minimum absolute atomic E-state index is 0.0134. The van der Waals surface area contributed by atoms with Gasteiger partial charge in [-0.15, -0.1) is 0 Å². The van der Waals surface area contributed by atoms with Crippen molar-refractivity contribution in [3.8, 4) is 5.75 Å². The molecule has 0 aromatic heterocycles. The molecule has 0 fully saturated rings. The van der Waals surface area contributed by atoms with Crippen LogP contribution in [0.2, 0.25) is 0 Å². The zero-order chi connectivity index (χ0) is 23.9. The second-order valence-electron chi connectivity index (χ2n) is 9.00. The van der Waals surface area contributed by atoms with Crippen molar-refractivity contribution in [3.05, 3.63) is 137 Å². The van der Waals surface area contributed by atoms with Gasteiger partial charge < -0.3 is 9.84 Å². The molecule has 0 bridgehead atoms. The average Bonchev–Trinajstić information content (AvgIpc) is 2.91. The molecule has 2 heteroatoms. The Bertz CT molecular complexity index is 1100. The van der Waals surface area contributed by atoms with Gasteiger partial charge in [-0.1, -0.05) is 124 Å². The maximum atomic E-state index is 9.59. The normalized spacial score (nSPS) is 13.8. The molecule has 0 spiro atoms. The fourth-order valence-corrected chi connectivity index (χ4v) is 4.68. The third-order valence-corrected chi connectivity index (χ3v) is 6.84. The Balaban J connectivity index is 1.91. The molecule has 0 radical (unpaired) electrons. The van der Waals surface area contributed by atoms with Gasteiger partial charge in [0.25, 0.3) is 0 Å². The molecule has 0 saturated carbocycles. The lowest BCUT2D eigenvalue weighted by molar-refractivity contribution is 0.198. The molecule has 34 heavy (non-hydrogen) atoms. The van der Waals surface area contributed by atoms with Crippen LogP contribution in [0, 0.1) is 0 Å². The van der Waals surface area contributed by atoms with Crippen LogP contribution in [0.3, 0.4) is 0 Å². The van der Waals surface area contributed by atoms with Crippen molar-refractivity contribution >= 4 is 0 Å². The highest BCUT2D eigenvalue weighted by Gasteiger charge is 2.24. The van der Waals surface area contributed by atoms with E-state index in [9.17, 15) is 5.11 Å². The highest BCUT2D eigenvalue weighted by Crippen LogP contribution is 2.42. The van der Waals surface area contributed by atoms with Crippen LogP contribution < -0.4 is 4.74 Å². The van der Waals surface area contributed by atoms with Crippen molar-refractivity contribution in [2.24, 2.45) is 0 Å². The van der Waals surface area contributed by atoms with Crippen molar-refractivity contribution in [2.75, 3.05) is 13.2 Å². The van der Waals surface area contributed by atoms with E-state index < -0.39 is 0 Å². The predicted molar refractivity (Wildman–Crippen MR) is 141 cm³/mol. The Morgan fingerprint density at radius 2 is 0.941 bits per heavy atom. The Morgan fingerprint density at radius 3 is 1.32 bits per heavy atom. The van der Waals surface area contributed by atoms with Gasteiger partial charge in [0.05, 0.1) is 6.61 Å². The smallest absolute Gasteiger partial charge is 0.127 e. The summed E-state index contributed by atoms with van der Waals surface area (Å²) < 4.78 is 6.29. The number of aliphatic hydroxyl groups is 1. The van der Waals surface area contributed by atoms with Gasteiger partial charge in [0.2, 0.25) is 0 Å². The summed E-state index contributed by atoms with van der Waals surface area (Å²) >= 11 is 0. The first-order valence-corrected chi connectivity index (χ1v) is 12.2. The minimum atomic E-state index is -0.0134. The van der Waals surface area contributed by atoms with E-state index in [-0.39, 0.29) is 31.0 Å². The highest BCUT2D eigenvalue weighted by molar-refractivity contribution is 5.54. The number of hydrogen-bond acceptors (Lipinski definition) is 2. The lowest BCUT2D eigenvalue weighted by Crippen LogP contribution is -2.12. The molecule has 0 aliphatic carbocycles. The quantitative estimate of drug-likeness (QED) is 0.286. The van der Waals surface area contributed by atoms with E-state index in [1.165, 1.54) is 22.3 Å². The van der Waals surface area contributed by atoms with E-state index in [4.69, 9.17) is 4.74 Å². The molecular weight excluding hydrogens is 416 g/mol. The second kappa shape index (κ2) is 11.2. The number of ether oxygens (including phenoxy) is 1. The SMILES string of the molecule is CC(c1ccccc1)c1cc(C(C)c2ccccc2)c(OCCO)c(C(C)c2ccccc2)c1. The summed E-state index contributed by atoms with van der Waals surface area (Å²) in [5, 5.41) is 9.59.